The molecule has 0 aliphatic rings. The van der Waals surface area contributed by atoms with E-state index in [1.54, 1.807) is 12.1 Å². The van der Waals surface area contributed by atoms with Crippen molar-refractivity contribution in [3.8, 4) is 0 Å². The zero-order valence-corrected chi connectivity index (χ0v) is 14.5. The Morgan fingerprint density at radius 3 is 2.48 bits per heavy atom. The van der Waals surface area contributed by atoms with Crippen molar-refractivity contribution in [2.24, 2.45) is 0 Å². The SMILES string of the molecule is Cc1noc(C)c1S(=O)(=O)N[C@@H](C)C(=O)NNC(=O)c1ccccn1. The van der Waals surface area contributed by atoms with Gasteiger partial charge in [-0.1, -0.05) is 11.2 Å². The normalized spacial score (nSPS) is 12.4. The third kappa shape index (κ3) is 4.39. The number of carbonyl (C=O) groups is 2. The molecule has 11 heteroatoms. The average Bonchev–Trinajstić information content (AvgIpc) is 2.92. The highest BCUT2D eigenvalue weighted by Crippen LogP contribution is 2.18. The second-order valence-corrected chi connectivity index (χ2v) is 6.81. The zero-order chi connectivity index (χ0) is 18.6. The maximum atomic E-state index is 12.3. The molecule has 2 heterocycles. The molecule has 3 N–H and O–H groups in total. The first-order valence-corrected chi connectivity index (χ1v) is 8.67. The maximum absolute atomic E-state index is 12.3. The van der Waals surface area contributed by atoms with Crippen LogP contribution in [0.2, 0.25) is 0 Å². The Balaban J connectivity index is 1.97. The standard InChI is InChI=1S/C14H17N5O5S/c1-8-12(10(3)24-18-8)25(22,23)19-9(2)13(20)16-17-14(21)11-6-4-5-7-15-11/h4-7,9,19H,1-3H3,(H,16,20)(H,17,21)/t9-/m0/s1. The number of hydrogen-bond acceptors (Lipinski definition) is 7. The molecule has 2 aromatic heterocycles. The highest BCUT2D eigenvalue weighted by molar-refractivity contribution is 7.89. The minimum atomic E-state index is -4.01. The molecule has 0 saturated heterocycles. The topological polar surface area (TPSA) is 143 Å². The Labute approximate surface area is 144 Å². The van der Waals surface area contributed by atoms with Crippen LogP contribution in [-0.4, -0.2) is 36.4 Å². The van der Waals surface area contributed by atoms with Gasteiger partial charge < -0.3 is 4.52 Å². The van der Waals surface area contributed by atoms with Gasteiger partial charge in [0.05, 0.1) is 6.04 Å². The molecular weight excluding hydrogens is 350 g/mol. The number of pyridine rings is 1. The predicted octanol–water partition coefficient (Wildman–Crippen LogP) is -0.186. The first-order valence-electron chi connectivity index (χ1n) is 7.19. The molecule has 0 spiro atoms. The van der Waals surface area contributed by atoms with Crippen LogP contribution < -0.4 is 15.6 Å². The Kier molecular flexibility index (Phi) is 5.49. The molecule has 0 aliphatic carbocycles. The molecule has 2 aromatic rings. The fraction of sp³-hybridized carbons (Fsp3) is 0.286. The molecule has 0 bridgehead atoms. The van der Waals surface area contributed by atoms with Crippen LogP contribution in [0.4, 0.5) is 0 Å². The van der Waals surface area contributed by atoms with Gasteiger partial charge in [0.25, 0.3) is 11.8 Å². The van der Waals surface area contributed by atoms with Crippen molar-refractivity contribution in [3.05, 3.63) is 41.5 Å². The number of amides is 2. The van der Waals surface area contributed by atoms with Gasteiger partial charge in [0.1, 0.15) is 16.3 Å². The maximum Gasteiger partial charge on any atom is 0.288 e. The summed E-state index contributed by atoms with van der Waals surface area (Å²) in [5.41, 5.74) is 4.57. The summed E-state index contributed by atoms with van der Waals surface area (Å²) in [5.74, 6) is -1.27. The van der Waals surface area contributed by atoms with E-state index in [0.717, 1.165) is 0 Å². The van der Waals surface area contributed by atoms with E-state index in [1.165, 1.54) is 33.0 Å². The van der Waals surface area contributed by atoms with Gasteiger partial charge in [-0.15, -0.1) is 0 Å². The molecule has 2 rings (SSSR count). The molecule has 25 heavy (non-hydrogen) atoms. The van der Waals surface area contributed by atoms with E-state index in [2.05, 4.69) is 25.7 Å². The van der Waals surface area contributed by atoms with Gasteiger partial charge in [0.2, 0.25) is 10.0 Å². The second-order valence-electron chi connectivity index (χ2n) is 5.15. The number of rotatable bonds is 5. The number of hydrazine groups is 1. The van der Waals surface area contributed by atoms with Gasteiger partial charge in [0, 0.05) is 6.20 Å². The Morgan fingerprint density at radius 2 is 1.92 bits per heavy atom. The van der Waals surface area contributed by atoms with Crippen molar-refractivity contribution in [2.75, 3.05) is 0 Å². The van der Waals surface area contributed by atoms with Crippen LogP contribution in [0.15, 0.2) is 33.8 Å². The van der Waals surface area contributed by atoms with Crippen LogP contribution in [-0.2, 0) is 14.8 Å². The summed E-state index contributed by atoms with van der Waals surface area (Å²) in [5, 5.41) is 3.57. The molecule has 0 aliphatic heterocycles. The Bertz CT molecular complexity index is 859. The van der Waals surface area contributed by atoms with E-state index in [9.17, 15) is 18.0 Å². The minimum Gasteiger partial charge on any atom is -0.360 e. The summed E-state index contributed by atoms with van der Waals surface area (Å²) >= 11 is 0. The molecule has 0 saturated carbocycles. The van der Waals surface area contributed by atoms with Gasteiger partial charge in [0.15, 0.2) is 5.76 Å². The van der Waals surface area contributed by atoms with Crippen molar-refractivity contribution in [1.29, 1.82) is 0 Å². The highest BCUT2D eigenvalue weighted by Gasteiger charge is 2.28. The summed E-state index contributed by atoms with van der Waals surface area (Å²) in [7, 11) is -4.01. The minimum absolute atomic E-state index is 0.103. The summed E-state index contributed by atoms with van der Waals surface area (Å²) in [6, 6.07) is 3.57. The number of aryl methyl sites for hydroxylation is 2. The summed E-state index contributed by atoms with van der Waals surface area (Å²) < 4.78 is 31.7. The van der Waals surface area contributed by atoms with Gasteiger partial charge in [-0.2, -0.15) is 4.72 Å². The van der Waals surface area contributed by atoms with E-state index in [1.807, 2.05) is 0 Å². The summed E-state index contributed by atoms with van der Waals surface area (Å²) in [6.07, 6.45) is 1.43. The van der Waals surface area contributed by atoms with Crippen LogP contribution in [0.1, 0.15) is 28.9 Å². The number of hydrogen-bond donors (Lipinski definition) is 3. The molecule has 2 amide bonds. The number of sulfonamides is 1. The second kappa shape index (κ2) is 7.40. The van der Waals surface area contributed by atoms with Crippen molar-refractivity contribution < 1.29 is 22.5 Å². The van der Waals surface area contributed by atoms with Gasteiger partial charge >= 0.3 is 0 Å². The number of carbonyl (C=O) groups excluding carboxylic acids is 2. The van der Waals surface area contributed by atoms with Crippen LogP contribution in [0.5, 0.6) is 0 Å². The lowest BCUT2D eigenvalue weighted by molar-refractivity contribution is -0.123. The monoisotopic (exact) mass is 367 g/mol. The van der Waals surface area contributed by atoms with Crippen molar-refractivity contribution in [2.45, 2.75) is 31.7 Å². The molecule has 134 valence electrons. The third-order valence-electron chi connectivity index (χ3n) is 3.16. The summed E-state index contributed by atoms with van der Waals surface area (Å²) in [4.78, 5) is 27.5. The van der Waals surface area contributed by atoms with E-state index in [0.29, 0.717) is 0 Å². The average molecular weight is 367 g/mol. The largest absolute Gasteiger partial charge is 0.360 e. The molecule has 10 nitrogen and oxygen atoms in total. The smallest absolute Gasteiger partial charge is 0.288 e. The van der Waals surface area contributed by atoms with Crippen molar-refractivity contribution >= 4 is 21.8 Å². The van der Waals surface area contributed by atoms with Crippen LogP contribution in [0.3, 0.4) is 0 Å². The zero-order valence-electron chi connectivity index (χ0n) is 13.7. The van der Waals surface area contributed by atoms with E-state index < -0.39 is 27.9 Å². The molecule has 0 aromatic carbocycles. The fourth-order valence-electron chi connectivity index (χ4n) is 1.99. The number of nitrogens with one attached hydrogen (secondary N) is 3. The quantitative estimate of drug-likeness (QED) is 0.622. The third-order valence-corrected chi connectivity index (χ3v) is 4.94. The van der Waals surface area contributed by atoms with Crippen molar-refractivity contribution in [1.82, 2.24) is 25.7 Å². The van der Waals surface area contributed by atoms with Crippen molar-refractivity contribution in [3.63, 3.8) is 0 Å². The highest BCUT2D eigenvalue weighted by atomic mass is 32.2. The predicted molar refractivity (Wildman–Crippen MR) is 85.6 cm³/mol. The van der Waals surface area contributed by atoms with Crippen LogP contribution in [0, 0.1) is 13.8 Å². The van der Waals surface area contributed by atoms with E-state index >= 15 is 0 Å². The van der Waals surface area contributed by atoms with E-state index in [-0.39, 0.29) is 22.0 Å². The van der Waals surface area contributed by atoms with Crippen LogP contribution >= 0.6 is 0 Å². The first-order chi connectivity index (χ1) is 11.7. The lowest BCUT2D eigenvalue weighted by Gasteiger charge is -2.14. The Hall–Kier alpha value is -2.79. The molecule has 1 atom stereocenters. The lowest BCUT2D eigenvalue weighted by atomic mass is 10.3. The number of nitrogens with zero attached hydrogens (tertiary/aromatic N) is 2. The molecule has 0 unspecified atom stereocenters. The molecule has 0 fully saturated rings. The molecule has 0 radical (unpaired) electrons. The lowest BCUT2D eigenvalue weighted by Crippen LogP contribution is -2.51. The summed E-state index contributed by atoms with van der Waals surface area (Å²) in [6.45, 7) is 4.26. The van der Waals surface area contributed by atoms with Crippen LogP contribution in [0.25, 0.3) is 0 Å². The molecular formula is C14H17N5O5S. The van der Waals surface area contributed by atoms with Gasteiger partial charge in [-0.25, -0.2) is 8.42 Å². The fourth-order valence-corrected chi connectivity index (χ4v) is 3.52. The number of aromatic nitrogens is 2. The van der Waals surface area contributed by atoms with E-state index in [4.69, 9.17) is 4.52 Å². The Morgan fingerprint density at radius 1 is 1.20 bits per heavy atom. The first kappa shape index (κ1) is 18.5. The van der Waals surface area contributed by atoms with Gasteiger partial charge in [-0.05, 0) is 32.9 Å². The van der Waals surface area contributed by atoms with Gasteiger partial charge in [-0.3, -0.25) is 25.4 Å².